The molecule has 37 heavy (non-hydrogen) atoms. The van der Waals surface area contributed by atoms with Crippen molar-refractivity contribution in [1.82, 2.24) is 29.7 Å². The third-order valence-corrected chi connectivity index (χ3v) is 5.75. The Bertz CT molecular complexity index is 1280. The van der Waals surface area contributed by atoms with E-state index in [1.807, 2.05) is 0 Å². The van der Waals surface area contributed by atoms with Crippen molar-refractivity contribution < 1.29 is 32.3 Å². The Morgan fingerprint density at radius 1 is 1.19 bits per heavy atom. The molecule has 2 aliphatic rings. The summed E-state index contributed by atoms with van der Waals surface area (Å²) in [5.74, 6) is -3.41. The molecule has 0 saturated carbocycles. The minimum atomic E-state index is -4.69. The molecule has 0 radical (unpaired) electrons. The molecule has 3 atom stereocenters. The highest BCUT2D eigenvalue weighted by Gasteiger charge is 2.51. The van der Waals surface area contributed by atoms with Crippen LogP contribution in [0.25, 0.3) is 11.3 Å². The minimum Gasteiger partial charge on any atom is -0.368 e. The number of anilines is 1. The quantitative estimate of drug-likeness (QED) is 0.550. The highest BCUT2D eigenvalue weighted by molar-refractivity contribution is 6.05. The van der Waals surface area contributed by atoms with Gasteiger partial charge in [-0.25, -0.2) is 24.7 Å². The van der Waals surface area contributed by atoms with E-state index in [9.17, 15) is 32.3 Å². The van der Waals surface area contributed by atoms with Crippen molar-refractivity contribution in [3.8, 4) is 11.3 Å². The van der Waals surface area contributed by atoms with Crippen LogP contribution in [0.1, 0.15) is 12.7 Å². The van der Waals surface area contributed by atoms with Crippen LogP contribution >= 0.6 is 0 Å². The van der Waals surface area contributed by atoms with Crippen molar-refractivity contribution >= 4 is 35.9 Å². The molecule has 5 amide bonds. The molecular formula is C21H20F3N9O4. The van der Waals surface area contributed by atoms with Crippen LogP contribution in [0.3, 0.4) is 0 Å². The second kappa shape index (κ2) is 9.44. The van der Waals surface area contributed by atoms with E-state index >= 15 is 0 Å². The van der Waals surface area contributed by atoms with Gasteiger partial charge in [0.05, 0.1) is 12.0 Å². The Hall–Kier alpha value is -4.63. The van der Waals surface area contributed by atoms with E-state index in [0.717, 1.165) is 12.4 Å². The third kappa shape index (κ3) is 4.89. The van der Waals surface area contributed by atoms with Crippen LogP contribution in [-0.4, -0.2) is 91.6 Å². The van der Waals surface area contributed by atoms with Gasteiger partial charge in [0, 0.05) is 25.0 Å². The fourth-order valence-electron chi connectivity index (χ4n) is 3.86. The molecule has 3 N–H and O–H groups in total. The lowest BCUT2D eigenvalue weighted by Gasteiger charge is -2.41. The number of nitrogens with one attached hydrogen (secondary N) is 1. The highest BCUT2D eigenvalue weighted by atomic mass is 19.4. The van der Waals surface area contributed by atoms with E-state index in [1.165, 1.54) is 48.3 Å². The summed E-state index contributed by atoms with van der Waals surface area (Å²) in [5, 5.41) is 2.58. The molecule has 4 heterocycles. The second-order valence-electron chi connectivity index (χ2n) is 8.22. The zero-order valence-corrected chi connectivity index (χ0v) is 19.4. The molecule has 2 aromatic rings. The fraction of sp³-hybridized carbons (Fsp3) is 0.333. The molecule has 1 saturated heterocycles. The van der Waals surface area contributed by atoms with Gasteiger partial charge in [0.15, 0.2) is 12.2 Å². The number of amides is 5. The number of hydrogen-bond donors (Lipinski definition) is 2. The Labute approximate surface area is 207 Å². The Kier molecular flexibility index (Phi) is 6.49. The zero-order chi connectivity index (χ0) is 27.1. The summed E-state index contributed by atoms with van der Waals surface area (Å²) in [4.78, 5) is 68.1. The summed E-state index contributed by atoms with van der Waals surface area (Å²) >= 11 is 0. The first-order valence-corrected chi connectivity index (χ1v) is 10.7. The van der Waals surface area contributed by atoms with Gasteiger partial charge >= 0.3 is 12.2 Å². The average Bonchev–Trinajstić information content (AvgIpc) is 3.30. The smallest absolute Gasteiger partial charge is 0.368 e. The molecule has 194 valence electrons. The van der Waals surface area contributed by atoms with Crippen molar-refractivity contribution in [2.24, 2.45) is 10.7 Å². The number of alkyl halides is 3. The highest BCUT2D eigenvalue weighted by Crippen LogP contribution is 2.28. The number of urea groups is 1. The van der Waals surface area contributed by atoms with E-state index in [0.29, 0.717) is 4.90 Å². The fourth-order valence-corrected chi connectivity index (χ4v) is 3.86. The molecule has 2 aliphatic heterocycles. The third-order valence-electron chi connectivity index (χ3n) is 5.75. The molecule has 0 bridgehead atoms. The summed E-state index contributed by atoms with van der Waals surface area (Å²) in [6.07, 6.45) is -2.37. The maximum absolute atomic E-state index is 13.0. The summed E-state index contributed by atoms with van der Waals surface area (Å²) in [5.41, 5.74) is 5.57. The van der Waals surface area contributed by atoms with Crippen LogP contribution in [0, 0.1) is 0 Å². The van der Waals surface area contributed by atoms with Crippen LogP contribution in [0.5, 0.6) is 0 Å². The lowest BCUT2D eigenvalue weighted by atomic mass is 10.1. The number of carbonyl (C=O) groups excluding carboxylic acids is 4. The number of pyridine rings is 1. The monoisotopic (exact) mass is 519 g/mol. The van der Waals surface area contributed by atoms with Gasteiger partial charge in [-0.15, -0.1) is 0 Å². The molecule has 1 fully saturated rings. The van der Waals surface area contributed by atoms with E-state index in [-0.39, 0.29) is 17.1 Å². The lowest BCUT2D eigenvalue weighted by Crippen LogP contribution is -2.67. The predicted molar refractivity (Wildman–Crippen MR) is 120 cm³/mol. The van der Waals surface area contributed by atoms with Gasteiger partial charge in [-0.3, -0.25) is 19.3 Å². The average molecular weight is 519 g/mol. The number of halogens is 3. The van der Waals surface area contributed by atoms with E-state index in [4.69, 9.17) is 5.73 Å². The molecule has 4 rings (SSSR count). The van der Waals surface area contributed by atoms with Crippen molar-refractivity contribution in [1.29, 1.82) is 0 Å². The number of aromatic nitrogens is 3. The SMILES string of the molecule is C[C@@H](C(=O)Nc1cccc(-c2cnc(C(F)(F)F)nc2)n1)N1C=NC2C1C(=O)N(CC(N)=O)C(=O)N2C. The van der Waals surface area contributed by atoms with Crippen LogP contribution in [0.4, 0.5) is 23.8 Å². The van der Waals surface area contributed by atoms with Gasteiger partial charge < -0.3 is 20.9 Å². The Morgan fingerprint density at radius 2 is 1.86 bits per heavy atom. The maximum atomic E-state index is 13.0. The van der Waals surface area contributed by atoms with Crippen LogP contribution in [-0.2, 0) is 20.6 Å². The first-order valence-electron chi connectivity index (χ1n) is 10.7. The van der Waals surface area contributed by atoms with Gasteiger partial charge in [0.2, 0.25) is 17.6 Å². The number of fused-ring (bicyclic) bond motifs is 1. The molecule has 0 spiro atoms. The zero-order valence-electron chi connectivity index (χ0n) is 19.4. The first kappa shape index (κ1) is 25.5. The van der Waals surface area contributed by atoms with E-state index < -0.39 is 60.5 Å². The predicted octanol–water partition coefficient (Wildman–Crippen LogP) is 0.302. The number of imide groups is 1. The second-order valence-corrected chi connectivity index (χ2v) is 8.22. The van der Waals surface area contributed by atoms with Crippen molar-refractivity contribution in [2.45, 2.75) is 31.3 Å². The van der Waals surface area contributed by atoms with Gasteiger partial charge in [0.1, 0.15) is 18.4 Å². The lowest BCUT2D eigenvalue weighted by molar-refractivity contribution is -0.145. The number of primary amides is 1. The van der Waals surface area contributed by atoms with Gasteiger partial charge in [-0.1, -0.05) is 6.07 Å². The number of hydrogen-bond acceptors (Lipinski definition) is 9. The summed E-state index contributed by atoms with van der Waals surface area (Å²) < 4.78 is 38.1. The van der Waals surface area contributed by atoms with E-state index in [1.54, 1.807) is 0 Å². The standard InChI is InChI=1S/C21H20F3N9O4/c1-10(33-9-28-16-15(33)18(36)32(8-13(25)34)20(37)31(16)2)17(35)30-14-5-3-4-12(29-14)11-6-26-19(27-7-11)21(22,23)24/h3-7,9-10,15-16H,8H2,1-2H3,(H2,25,34)(H,29,30,35)/t10-,15?,16?/m0/s1. The number of aliphatic imine (C=N–C) groups is 1. The minimum absolute atomic E-state index is 0.0829. The first-order chi connectivity index (χ1) is 17.4. The maximum Gasteiger partial charge on any atom is 0.451 e. The summed E-state index contributed by atoms with van der Waals surface area (Å²) in [7, 11) is 1.41. The summed E-state index contributed by atoms with van der Waals surface area (Å²) in [6, 6.07) is 1.72. The number of nitrogens with zero attached hydrogens (tertiary/aromatic N) is 7. The van der Waals surface area contributed by atoms with Gasteiger partial charge in [0.25, 0.3) is 5.91 Å². The van der Waals surface area contributed by atoms with Gasteiger partial charge in [-0.2, -0.15) is 13.2 Å². The molecule has 16 heteroatoms. The van der Waals surface area contributed by atoms with Crippen molar-refractivity contribution in [3.05, 3.63) is 36.4 Å². The topological polar surface area (TPSA) is 167 Å². The molecule has 2 unspecified atom stereocenters. The van der Waals surface area contributed by atoms with Crippen molar-refractivity contribution in [2.75, 3.05) is 18.9 Å². The van der Waals surface area contributed by atoms with Gasteiger partial charge in [-0.05, 0) is 19.1 Å². The normalized spacial score (nSPS) is 20.2. The molecular weight excluding hydrogens is 499 g/mol. The number of nitrogens with two attached hydrogens (primary N) is 1. The number of likely N-dealkylation sites (N-methyl/N-ethyl adjacent to an activating group) is 1. The largest absolute Gasteiger partial charge is 0.451 e. The molecule has 0 aromatic carbocycles. The van der Waals surface area contributed by atoms with Crippen molar-refractivity contribution in [3.63, 3.8) is 0 Å². The molecule has 13 nitrogen and oxygen atoms in total. The van der Waals surface area contributed by atoms with E-state index in [2.05, 4.69) is 25.3 Å². The number of rotatable bonds is 6. The Balaban J connectivity index is 1.49. The summed E-state index contributed by atoms with van der Waals surface area (Å²) in [6.45, 7) is 0.878. The number of carbonyl (C=O) groups is 4. The van der Waals surface area contributed by atoms with Crippen LogP contribution < -0.4 is 11.1 Å². The van der Waals surface area contributed by atoms with Crippen LogP contribution in [0.15, 0.2) is 35.6 Å². The molecule has 0 aliphatic carbocycles. The van der Waals surface area contributed by atoms with Crippen LogP contribution in [0.2, 0.25) is 0 Å². The molecule has 2 aromatic heterocycles. The Morgan fingerprint density at radius 3 is 2.49 bits per heavy atom.